The molecule has 1 unspecified atom stereocenters. The Bertz CT molecular complexity index is 352. The molecular formula is C10H10ClIO2. The first-order valence-corrected chi connectivity index (χ1v) is 5.62. The third kappa shape index (κ3) is 2.46. The maximum Gasteiger partial charge on any atom is 0.152 e. The Kier molecular flexibility index (Phi) is 4.34. The van der Waals surface area contributed by atoms with Crippen LogP contribution in [0, 0.1) is 3.57 Å². The lowest BCUT2D eigenvalue weighted by Gasteiger charge is -2.12. The Balaban J connectivity index is 3.20. The van der Waals surface area contributed by atoms with Crippen molar-refractivity contribution in [1.82, 2.24) is 0 Å². The number of halogens is 2. The number of aliphatic hydroxyl groups excluding tert-OH is 1. The largest absolute Gasteiger partial charge is 0.392 e. The summed E-state index contributed by atoms with van der Waals surface area (Å²) >= 11 is 8.05. The van der Waals surface area contributed by atoms with E-state index in [4.69, 9.17) is 16.7 Å². The minimum Gasteiger partial charge on any atom is -0.392 e. The van der Waals surface area contributed by atoms with Crippen LogP contribution in [0.4, 0.5) is 0 Å². The van der Waals surface area contributed by atoms with Crippen molar-refractivity contribution >= 4 is 40.0 Å². The van der Waals surface area contributed by atoms with E-state index in [9.17, 15) is 4.79 Å². The number of alkyl halides is 1. The second kappa shape index (κ2) is 5.09. The first kappa shape index (κ1) is 11.9. The summed E-state index contributed by atoms with van der Waals surface area (Å²) in [5.41, 5.74) is 1.44. The van der Waals surface area contributed by atoms with Crippen molar-refractivity contribution < 1.29 is 9.90 Å². The molecule has 4 heteroatoms. The monoisotopic (exact) mass is 324 g/mol. The van der Waals surface area contributed by atoms with Gasteiger partial charge in [0.2, 0.25) is 0 Å². The molecule has 1 aromatic rings. The molecule has 0 spiro atoms. The Morgan fingerprint density at radius 3 is 2.79 bits per heavy atom. The van der Waals surface area contributed by atoms with Crippen LogP contribution in [0.5, 0.6) is 0 Å². The fourth-order valence-electron chi connectivity index (χ4n) is 1.20. The minimum atomic E-state index is -0.660. The number of benzene rings is 1. The fraction of sp³-hybridized carbons (Fsp3) is 0.300. The molecule has 0 saturated carbocycles. The van der Waals surface area contributed by atoms with Crippen molar-refractivity contribution in [2.75, 3.05) is 0 Å². The van der Waals surface area contributed by atoms with Crippen LogP contribution < -0.4 is 0 Å². The van der Waals surface area contributed by atoms with E-state index in [2.05, 4.69) is 22.6 Å². The van der Waals surface area contributed by atoms with Gasteiger partial charge in [-0.3, -0.25) is 4.79 Å². The van der Waals surface area contributed by atoms with Crippen LogP contribution in [0.15, 0.2) is 18.2 Å². The van der Waals surface area contributed by atoms with Crippen molar-refractivity contribution in [1.29, 1.82) is 0 Å². The zero-order chi connectivity index (χ0) is 10.7. The Labute approximate surface area is 101 Å². The Hall–Kier alpha value is -0.130. The van der Waals surface area contributed by atoms with Gasteiger partial charge < -0.3 is 5.11 Å². The number of carbonyl (C=O) groups is 1. The van der Waals surface area contributed by atoms with Gasteiger partial charge in [0.15, 0.2) is 5.78 Å². The lowest BCUT2D eigenvalue weighted by atomic mass is 10.0. The molecule has 76 valence electrons. The number of hydrogen-bond acceptors (Lipinski definition) is 2. The third-order valence-electron chi connectivity index (χ3n) is 1.94. The maximum atomic E-state index is 11.1. The zero-order valence-electron chi connectivity index (χ0n) is 7.63. The summed E-state index contributed by atoms with van der Waals surface area (Å²) in [7, 11) is 0. The van der Waals surface area contributed by atoms with Gasteiger partial charge in [0.05, 0.1) is 6.61 Å². The summed E-state index contributed by atoms with van der Waals surface area (Å²) in [4.78, 5) is 11.1. The smallest absolute Gasteiger partial charge is 0.152 e. The van der Waals surface area contributed by atoms with Crippen LogP contribution in [0.3, 0.4) is 0 Å². The van der Waals surface area contributed by atoms with Gasteiger partial charge in [-0.25, -0.2) is 0 Å². The molecule has 1 aromatic carbocycles. The summed E-state index contributed by atoms with van der Waals surface area (Å²) in [6.07, 6.45) is 0. The van der Waals surface area contributed by atoms with Gasteiger partial charge >= 0.3 is 0 Å². The van der Waals surface area contributed by atoms with Gasteiger partial charge in [-0.1, -0.05) is 12.1 Å². The first-order chi connectivity index (χ1) is 6.57. The highest BCUT2D eigenvalue weighted by Crippen LogP contribution is 2.27. The molecule has 0 aliphatic rings. The van der Waals surface area contributed by atoms with Gasteiger partial charge in [0.25, 0.3) is 0 Å². The molecule has 2 nitrogen and oxygen atoms in total. The molecule has 14 heavy (non-hydrogen) atoms. The number of ketones is 1. The molecule has 0 aliphatic carbocycles. The average molecular weight is 325 g/mol. The Morgan fingerprint density at radius 2 is 2.29 bits per heavy atom. The number of carbonyl (C=O) groups excluding carboxylic acids is 1. The topological polar surface area (TPSA) is 37.3 Å². The van der Waals surface area contributed by atoms with E-state index in [0.29, 0.717) is 5.56 Å². The molecule has 0 bridgehead atoms. The van der Waals surface area contributed by atoms with Crippen molar-refractivity contribution in [3.8, 4) is 0 Å². The van der Waals surface area contributed by atoms with Crippen molar-refractivity contribution in [2.45, 2.75) is 18.9 Å². The second-order valence-corrected chi connectivity index (χ2v) is 4.54. The summed E-state index contributed by atoms with van der Waals surface area (Å²) in [6.45, 7) is 1.35. The van der Waals surface area contributed by atoms with Gasteiger partial charge in [-0.15, -0.1) is 11.6 Å². The molecule has 1 rings (SSSR count). The quantitative estimate of drug-likeness (QED) is 0.685. The van der Waals surface area contributed by atoms with E-state index in [1.54, 1.807) is 6.07 Å². The van der Waals surface area contributed by atoms with Crippen LogP contribution in [-0.2, 0) is 11.4 Å². The SMILES string of the molecule is CC(=O)C(Cl)c1cccc(I)c1CO. The Morgan fingerprint density at radius 1 is 1.64 bits per heavy atom. The predicted octanol–water partition coefficient (Wildman–Crippen LogP) is 2.65. The number of rotatable bonds is 3. The zero-order valence-corrected chi connectivity index (χ0v) is 10.5. The van der Waals surface area contributed by atoms with Gasteiger partial charge in [-0.2, -0.15) is 0 Å². The van der Waals surface area contributed by atoms with E-state index >= 15 is 0 Å². The highest BCUT2D eigenvalue weighted by atomic mass is 127. The van der Waals surface area contributed by atoms with Crippen molar-refractivity contribution in [3.63, 3.8) is 0 Å². The molecule has 0 heterocycles. The molecule has 0 radical (unpaired) electrons. The summed E-state index contributed by atoms with van der Waals surface area (Å²) in [5, 5.41) is 8.49. The van der Waals surface area contributed by atoms with Crippen LogP contribution in [0.1, 0.15) is 23.4 Å². The number of aliphatic hydroxyl groups is 1. The van der Waals surface area contributed by atoms with E-state index in [1.165, 1.54) is 6.92 Å². The number of hydrogen-bond donors (Lipinski definition) is 1. The van der Waals surface area contributed by atoms with Crippen molar-refractivity contribution in [2.24, 2.45) is 0 Å². The fourth-order valence-corrected chi connectivity index (χ4v) is 2.09. The molecule has 0 saturated heterocycles. The van der Waals surface area contributed by atoms with Gasteiger partial charge in [0, 0.05) is 3.57 Å². The third-order valence-corrected chi connectivity index (χ3v) is 3.50. The highest BCUT2D eigenvalue weighted by Gasteiger charge is 2.17. The molecule has 0 aromatic heterocycles. The predicted molar refractivity (Wildman–Crippen MR) is 64.4 cm³/mol. The van der Waals surface area contributed by atoms with Crippen LogP contribution in [0.25, 0.3) is 0 Å². The summed E-state index contributed by atoms with van der Waals surface area (Å²) in [6, 6.07) is 5.47. The van der Waals surface area contributed by atoms with E-state index < -0.39 is 5.38 Å². The number of Topliss-reactive ketones (excluding diaryl/α,β-unsaturated/α-hetero) is 1. The minimum absolute atomic E-state index is 0.0923. The average Bonchev–Trinajstić information content (AvgIpc) is 2.16. The van der Waals surface area contributed by atoms with Crippen LogP contribution in [0.2, 0.25) is 0 Å². The molecule has 1 N–H and O–H groups in total. The summed E-state index contributed by atoms with van der Waals surface area (Å²) < 4.78 is 0.925. The summed E-state index contributed by atoms with van der Waals surface area (Å²) in [5.74, 6) is -0.108. The lowest BCUT2D eigenvalue weighted by molar-refractivity contribution is -0.116. The maximum absolute atomic E-state index is 11.1. The van der Waals surface area contributed by atoms with Gasteiger partial charge in [0.1, 0.15) is 5.38 Å². The van der Waals surface area contributed by atoms with Crippen LogP contribution in [-0.4, -0.2) is 10.9 Å². The normalized spacial score (nSPS) is 12.6. The molecule has 0 aliphatic heterocycles. The van der Waals surface area contributed by atoms with Gasteiger partial charge in [-0.05, 0) is 46.7 Å². The van der Waals surface area contributed by atoms with E-state index in [1.807, 2.05) is 12.1 Å². The van der Waals surface area contributed by atoms with E-state index in [0.717, 1.165) is 9.13 Å². The molecular weight excluding hydrogens is 314 g/mol. The highest BCUT2D eigenvalue weighted by molar-refractivity contribution is 14.1. The first-order valence-electron chi connectivity index (χ1n) is 4.10. The van der Waals surface area contributed by atoms with Crippen molar-refractivity contribution in [3.05, 3.63) is 32.9 Å². The molecule has 0 amide bonds. The van der Waals surface area contributed by atoms with E-state index in [-0.39, 0.29) is 12.4 Å². The second-order valence-electron chi connectivity index (χ2n) is 2.94. The van der Waals surface area contributed by atoms with Crippen LogP contribution >= 0.6 is 34.2 Å². The standard InChI is InChI=1S/C10H10ClIO2/c1-6(14)10(11)7-3-2-4-9(12)8(7)5-13/h2-4,10,13H,5H2,1H3. The lowest BCUT2D eigenvalue weighted by Crippen LogP contribution is -2.06. The molecule has 1 atom stereocenters. The molecule has 0 fully saturated rings.